The molecule has 0 N–H and O–H groups in total. The standard InChI is InChI=1S/C23H26N4O/c1-3-26(4-2)15-8-16-28-23-14-13-22-24-17-21(27(22)25-23)20-12-7-10-18-9-5-6-11-19(18)20/h5-7,9-14,17H,3-4,8,15-16H2,1-2H3. The van der Waals surface area contributed by atoms with Crippen LogP contribution in [-0.2, 0) is 0 Å². The van der Waals surface area contributed by atoms with Crippen LogP contribution in [-0.4, -0.2) is 45.7 Å². The van der Waals surface area contributed by atoms with Crippen molar-refractivity contribution in [3.05, 3.63) is 60.8 Å². The lowest BCUT2D eigenvalue weighted by Crippen LogP contribution is -2.25. The first kappa shape index (κ1) is 18.4. The second-order valence-electron chi connectivity index (χ2n) is 6.84. The van der Waals surface area contributed by atoms with Crippen LogP contribution in [0.3, 0.4) is 0 Å². The number of hydrogen-bond acceptors (Lipinski definition) is 4. The lowest BCUT2D eigenvalue weighted by atomic mass is 10.0. The third kappa shape index (κ3) is 3.71. The largest absolute Gasteiger partial charge is 0.477 e. The summed E-state index contributed by atoms with van der Waals surface area (Å²) in [6.07, 6.45) is 2.87. The Morgan fingerprint density at radius 2 is 1.79 bits per heavy atom. The Hall–Kier alpha value is -2.92. The Kier molecular flexibility index (Phi) is 5.53. The van der Waals surface area contributed by atoms with E-state index in [9.17, 15) is 0 Å². The van der Waals surface area contributed by atoms with E-state index in [0.717, 1.165) is 43.0 Å². The van der Waals surface area contributed by atoms with Gasteiger partial charge in [-0.1, -0.05) is 56.3 Å². The number of imidazole rings is 1. The summed E-state index contributed by atoms with van der Waals surface area (Å²) in [5, 5.41) is 7.09. The smallest absolute Gasteiger partial charge is 0.231 e. The molecule has 0 radical (unpaired) electrons. The van der Waals surface area contributed by atoms with Crippen molar-refractivity contribution in [2.75, 3.05) is 26.2 Å². The van der Waals surface area contributed by atoms with E-state index in [1.807, 2.05) is 22.8 Å². The van der Waals surface area contributed by atoms with Crippen LogP contribution in [0.5, 0.6) is 5.88 Å². The van der Waals surface area contributed by atoms with E-state index in [-0.39, 0.29) is 0 Å². The third-order valence-electron chi connectivity index (χ3n) is 5.17. The SMILES string of the molecule is CCN(CC)CCCOc1ccc2ncc(-c3cccc4ccccc34)n2n1. The summed E-state index contributed by atoms with van der Waals surface area (Å²) in [4.78, 5) is 6.92. The van der Waals surface area contributed by atoms with Crippen molar-refractivity contribution in [1.29, 1.82) is 0 Å². The van der Waals surface area contributed by atoms with Crippen molar-refractivity contribution < 1.29 is 4.74 Å². The molecule has 0 saturated carbocycles. The van der Waals surface area contributed by atoms with Crippen LogP contribution in [0.25, 0.3) is 27.7 Å². The van der Waals surface area contributed by atoms with Gasteiger partial charge in [0, 0.05) is 18.2 Å². The molecule has 4 aromatic rings. The molecule has 5 nitrogen and oxygen atoms in total. The van der Waals surface area contributed by atoms with E-state index < -0.39 is 0 Å². The van der Waals surface area contributed by atoms with Crippen molar-refractivity contribution in [3.8, 4) is 17.1 Å². The van der Waals surface area contributed by atoms with Crippen LogP contribution in [0.4, 0.5) is 0 Å². The number of rotatable bonds is 8. The molecule has 0 fully saturated rings. The zero-order chi connectivity index (χ0) is 19.3. The maximum Gasteiger partial charge on any atom is 0.231 e. The van der Waals surface area contributed by atoms with E-state index in [0.29, 0.717) is 12.5 Å². The molecule has 0 spiro atoms. The normalized spacial score (nSPS) is 11.5. The van der Waals surface area contributed by atoms with E-state index in [4.69, 9.17) is 9.84 Å². The average Bonchev–Trinajstić information content (AvgIpc) is 3.16. The highest BCUT2D eigenvalue weighted by Gasteiger charge is 2.11. The quantitative estimate of drug-likeness (QED) is 0.421. The van der Waals surface area contributed by atoms with Gasteiger partial charge in [0.25, 0.3) is 0 Å². The third-order valence-corrected chi connectivity index (χ3v) is 5.17. The van der Waals surface area contributed by atoms with Crippen LogP contribution in [0.2, 0.25) is 0 Å². The molecule has 4 rings (SSSR count). The molecule has 5 heteroatoms. The minimum atomic E-state index is 0.631. The maximum absolute atomic E-state index is 5.91. The predicted octanol–water partition coefficient (Wildman–Crippen LogP) is 4.66. The summed E-state index contributed by atoms with van der Waals surface area (Å²) in [5.74, 6) is 0.631. The van der Waals surface area contributed by atoms with Crippen LogP contribution < -0.4 is 4.74 Å². The maximum atomic E-state index is 5.91. The van der Waals surface area contributed by atoms with E-state index in [1.54, 1.807) is 0 Å². The average molecular weight is 374 g/mol. The van der Waals surface area contributed by atoms with Crippen LogP contribution in [0.1, 0.15) is 20.3 Å². The molecule has 28 heavy (non-hydrogen) atoms. The van der Waals surface area contributed by atoms with Gasteiger partial charge in [0.1, 0.15) is 0 Å². The van der Waals surface area contributed by atoms with Crippen molar-refractivity contribution in [3.63, 3.8) is 0 Å². The molecule has 0 aliphatic heterocycles. The lowest BCUT2D eigenvalue weighted by molar-refractivity contribution is 0.242. The molecule has 2 aromatic carbocycles. The molecular weight excluding hydrogens is 348 g/mol. The lowest BCUT2D eigenvalue weighted by Gasteiger charge is -2.17. The Morgan fingerprint density at radius 3 is 2.64 bits per heavy atom. The van der Waals surface area contributed by atoms with Gasteiger partial charge in [-0.2, -0.15) is 0 Å². The van der Waals surface area contributed by atoms with E-state index in [1.165, 1.54) is 10.8 Å². The summed E-state index contributed by atoms with van der Waals surface area (Å²) >= 11 is 0. The number of nitrogens with zero attached hydrogens (tertiary/aromatic N) is 4. The van der Waals surface area contributed by atoms with Crippen molar-refractivity contribution in [1.82, 2.24) is 19.5 Å². The first-order valence-electron chi connectivity index (χ1n) is 9.98. The molecule has 0 saturated heterocycles. The van der Waals surface area contributed by atoms with Gasteiger partial charge in [0.15, 0.2) is 5.65 Å². The zero-order valence-corrected chi connectivity index (χ0v) is 16.5. The molecule has 0 aliphatic rings. The van der Waals surface area contributed by atoms with E-state index in [2.05, 4.69) is 66.2 Å². The van der Waals surface area contributed by atoms with Gasteiger partial charge in [-0.3, -0.25) is 0 Å². The summed E-state index contributed by atoms with van der Waals surface area (Å²) in [7, 11) is 0. The highest BCUT2D eigenvalue weighted by atomic mass is 16.5. The molecule has 0 unspecified atom stereocenters. The Morgan fingerprint density at radius 1 is 0.964 bits per heavy atom. The number of aromatic nitrogens is 3. The van der Waals surface area contributed by atoms with Crippen molar-refractivity contribution in [2.45, 2.75) is 20.3 Å². The fraction of sp³-hybridized carbons (Fsp3) is 0.304. The van der Waals surface area contributed by atoms with Crippen LogP contribution >= 0.6 is 0 Å². The van der Waals surface area contributed by atoms with Gasteiger partial charge in [-0.15, -0.1) is 5.10 Å². The second-order valence-corrected chi connectivity index (χ2v) is 6.84. The first-order valence-corrected chi connectivity index (χ1v) is 9.98. The first-order chi connectivity index (χ1) is 13.8. The number of ether oxygens (including phenoxy) is 1. The van der Waals surface area contributed by atoms with Crippen molar-refractivity contribution >= 4 is 16.4 Å². The Balaban J connectivity index is 1.58. The zero-order valence-electron chi connectivity index (χ0n) is 16.5. The molecule has 0 bridgehead atoms. The van der Waals surface area contributed by atoms with Gasteiger partial charge in [-0.25, -0.2) is 9.50 Å². The molecule has 2 heterocycles. The van der Waals surface area contributed by atoms with Gasteiger partial charge in [0.2, 0.25) is 5.88 Å². The second kappa shape index (κ2) is 8.40. The highest BCUT2D eigenvalue weighted by Crippen LogP contribution is 2.29. The summed E-state index contributed by atoms with van der Waals surface area (Å²) in [5.41, 5.74) is 2.91. The monoisotopic (exact) mass is 374 g/mol. The van der Waals surface area contributed by atoms with Gasteiger partial charge in [-0.05, 0) is 36.3 Å². The summed E-state index contributed by atoms with van der Waals surface area (Å²) in [6, 6.07) is 18.6. The van der Waals surface area contributed by atoms with Crippen LogP contribution in [0, 0.1) is 0 Å². The highest BCUT2D eigenvalue weighted by molar-refractivity contribution is 5.96. The minimum Gasteiger partial charge on any atom is -0.477 e. The van der Waals surface area contributed by atoms with E-state index >= 15 is 0 Å². The molecule has 144 valence electrons. The minimum absolute atomic E-state index is 0.631. The molecule has 0 atom stereocenters. The molecular formula is C23H26N4O. The van der Waals surface area contributed by atoms with Gasteiger partial charge in [0.05, 0.1) is 18.5 Å². The van der Waals surface area contributed by atoms with Crippen molar-refractivity contribution in [2.24, 2.45) is 0 Å². The number of hydrogen-bond donors (Lipinski definition) is 0. The topological polar surface area (TPSA) is 42.7 Å². The Bertz CT molecular complexity index is 1060. The van der Waals surface area contributed by atoms with Gasteiger partial charge < -0.3 is 9.64 Å². The van der Waals surface area contributed by atoms with Gasteiger partial charge >= 0.3 is 0 Å². The molecule has 0 amide bonds. The fourth-order valence-electron chi connectivity index (χ4n) is 3.57. The predicted molar refractivity (Wildman–Crippen MR) is 114 cm³/mol. The molecule has 0 aliphatic carbocycles. The number of benzene rings is 2. The molecule has 2 aromatic heterocycles. The number of fused-ring (bicyclic) bond motifs is 2. The Labute approximate surface area is 165 Å². The summed E-state index contributed by atoms with van der Waals surface area (Å²) < 4.78 is 7.79. The van der Waals surface area contributed by atoms with Crippen LogP contribution in [0.15, 0.2) is 60.8 Å². The summed E-state index contributed by atoms with van der Waals surface area (Å²) in [6.45, 7) is 8.23. The fourth-order valence-corrected chi connectivity index (χ4v) is 3.57.